The molecule has 2 aromatic rings. The number of fused-ring (bicyclic) bond motifs is 1. The maximum atomic E-state index is 10.9. The number of aliphatic carboxylic acids is 1. The first-order valence-corrected chi connectivity index (χ1v) is 8.28. The van der Waals surface area contributed by atoms with Gasteiger partial charge in [-0.2, -0.15) is 0 Å². The molecule has 0 aliphatic heterocycles. The molecule has 3 rings (SSSR count). The fraction of sp³-hybridized carbons (Fsp3) is 0.500. The van der Waals surface area contributed by atoms with Crippen molar-refractivity contribution in [3.63, 3.8) is 0 Å². The zero-order chi connectivity index (χ0) is 15.0. The van der Waals surface area contributed by atoms with Crippen LogP contribution in [0.3, 0.4) is 0 Å². The summed E-state index contributed by atoms with van der Waals surface area (Å²) in [7, 11) is 0. The minimum absolute atomic E-state index is 0.0546. The molecule has 0 bridgehead atoms. The molecule has 0 atom stereocenters. The number of carbonyl (C=O) groups is 1. The van der Waals surface area contributed by atoms with Gasteiger partial charge in [-0.15, -0.1) is 0 Å². The molecule has 1 fully saturated rings. The zero-order valence-electron chi connectivity index (χ0n) is 12.4. The van der Waals surface area contributed by atoms with Crippen LogP contribution in [-0.4, -0.2) is 26.4 Å². The predicted octanol–water partition coefficient (Wildman–Crippen LogP) is 3.71. The van der Waals surface area contributed by atoms with Crippen LogP contribution in [0.25, 0.3) is 11.0 Å². The maximum absolute atomic E-state index is 10.9. The Morgan fingerprint density at radius 2 is 2.24 bits per heavy atom. The molecule has 112 valence electrons. The lowest BCUT2D eigenvalue weighted by Gasteiger charge is -2.39. The Labute approximate surface area is 128 Å². The van der Waals surface area contributed by atoms with Crippen LogP contribution < -0.4 is 0 Å². The van der Waals surface area contributed by atoms with Gasteiger partial charge in [0.1, 0.15) is 0 Å². The van der Waals surface area contributed by atoms with Crippen LogP contribution in [0.1, 0.15) is 31.7 Å². The van der Waals surface area contributed by atoms with E-state index in [2.05, 4.69) is 35.5 Å². The number of carboxylic acids is 1. The average molecular weight is 304 g/mol. The molecule has 1 aromatic carbocycles. The zero-order valence-corrected chi connectivity index (χ0v) is 13.2. The second-order valence-corrected chi connectivity index (χ2v) is 7.21. The number of hydrogen-bond acceptors (Lipinski definition) is 3. The quantitative estimate of drug-likeness (QED) is 0.856. The summed E-state index contributed by atoms with van der Waals surface area (Å²) in [4.78, 5) is 15.6. The fourth-order valence-electron chi connectivity index (χ4n) is 2.98. The largest absolute Gasteiger partial charge is 0.481 e. The highest BCUT2D eigenvalue weighted by Gasteiger charge is 2.33. The number of para-hydroxylation sites is 1. The standard InChI is InChI=1S/C16H20N2O2S/c1-11-5-3-6-12-14(11)17-15(21-9-13(19)20)18(12)10-16(2)7-4-8-16/h3,5-6H,4,7-10H2,1-2H3,(H,19,20). The van der Waals surface area contributed by atoms with Crippen LogP contribution in [0.2, 0.25) is 0 Å². The minimum Gasteiger partial charge on any atom is -0.481 e. The van der Waals surface area contributed by atoms with Gasteiger partial charge < -0.3 is 9.67 Å². The van der Waals surface area contributed by atoms with E-state index in [1.165, 1.54) is 31.0 Å². The Hall–Kier alpha value is -1.49. The Kier molecular flexibility index (Phi) is 3.69. The minimum atomic E-state index is -0.801. The Morgan fingerprint density at radius 1 is 1.48 bits per heavy atom. The highest BCUT2D eigenvalue weighted by Crippen LogP contribution is 2.43. The van der Waals surface area contributed by atoms with Crippen molar-refractivity contribution in [2.24, 2.45) is 5.41 Å². The SMILES string of the molecule is Cc1cccc2c1nc(SCC(=O)O)n2CC1(C)CCC1. The highest BCUT2D eigenvalue weighted by molar-refractivity contribution is 7.99. The summed E-state index contributed by atoms with van der Waals surface area (Å²) in [5.74, 6) is -0.746. The van der Waals surface area contributed by atoms with E-state index in [0.717, 1.165) is 28.3 Å². The second-order valence-electron chi connectivity index (χ2n) is 6.27. The predicted molar refractivity (Wildman–Crippen MR) is 84.8 cm³/mol. The molecule has 1 heterocycles. The molecule has 0 spiro atoms. The number of benzene rings is 1. The number of thioether (sulfide) groups is 1. The summed E-state index contributed by atoms with van der Waals surface area (Å²) < 4.78 is 2.22. The molecule has 0 saturated heterocycles. The molecule has 21 heavy (non-hydrogen) atoms. The van der Waals surface area contributed by atoms with E-state index < -0.39 is 5.97 Å². The molecular formula is C16H20N2O2S. The third kappa shape index (κ3) is 2.79. The number of rotatable bonds is 5. The molecule has 0 unspecified atom stereocenters. The number of aryl methyl sites for hydroxylation is 1. The summed E-state index contributed by atoms with van der Waals surface area (Å²) >= 11 is 1.32. The number of hydrogen-bond donors (Lipinski definition) is 1. The van der Waals surface area contributed by atoms with E-state index in [4.69, 9.17) is 5.11 Å². The van der Waals surface area contributed by atoms with Gasteiger partial charge in [0.25, 0.3) is 0 Å². The van der Waals surface area contributed by atoms with E-state index in [1.807, 2.05) is 6.07 Å². The van der Waals surface area contributed by atoms with Crippen LogP contribution >= 0.6 is 11.8 Å². The van der Waals surface area contributed by atoms with E-state index in [9.17, 15) is 4.79 Å². The maximum Gasteiger partial charge on any atom is 0.313 e. The third-order valence-corrected chi connectivity index (χ3v) is 5.33. The van der Waals surface area contributed by atoms with Crippen LogP contribution in [-0.2, 0) is 11.3 Å². The molecular weight excluding hydrogens is 284 g/mol. The molecule has 1 aromatic heterocycles. The lowest BCUT2D eigenvalue weighted by molar-refractivity contribution is -0.133. The Bertz CT molecular complexity index is 689. The van der Waals surface area contributed by atoms with Crippen LogP contribution in [0.15, 0.2) is 23.4 Å². The van der Waals surface area contributed by atoms with Gasteiger partial charge in [-0.25, -0.2) is 4.98 Å². The van der Waals surface area contributed by atoms with Gasteiger partial charge in [-0.1, -0.05) is 37.2 Å². The van der Waals surface area contributed by atoms with Gasteiger partial charge in [0.15, 0.2) is 5.16 Å². The summed E-state index contributed by atoms with van der Waals surface area (Å²) in [5, 5.41) is 9.76. The fourth-order valence-corrected chi connectivity index (χ4v) is 3.70. The van der Waals surface area contributed by atoms with Crippen LogP contribution in [0.4, 0.5) is 0 Å². The molecule has 1 saturated carbocycles. The van der Waals surface area contributed by atoms with E-state index in [-0.39, 0.29) is 5.75 Å². The molecule has 1 N–H and O–H groups in total. The smallest absolute Gasteiger partial charge is 0.313 e. The molecule has 4 nitrogen and oxygen atoms in total. The van der Waals surface area contributed by atoms with E-state index in [1.54, 1.807) is 0 Å². The monoisotopic (exact) mass is 304 g/mol. The first kappa shape index (κ1) is 14.4. The van der Waals surface area contributed by atoms with Gasteiger partial charge in [-0.05, 0) is 36.8 Å². The Morgan fingerprint density at radius 3 is 2.86 bits per heavy atom. The van der Waals surface area contributed by atoms with Crippen LogP contribution in [0.5, 0.6) is 0 Å². The van der Waals surface area contributed by atoms with Crippen molar-refractivity contribution in [1.29, 1.82) is 0 Å². The van der Waals surface area contributed by atoms with Crippen molar-refractivity contribution in [2.75, 3.05) is 5.75 Å². The topological polar surface area (TPSA) is 55.1 Å². The van der Waals surface area contributed by atoms with Gasteiger partial charge in [0.05, 0.1) is 16.8 Å². The van der Waals surface area contributed by atoms with Gasteiger partial charge in [0.2, 0.25) is 0 Å². The number of aromatic nitrogens is 2. The average Bonchev–Trinajstić information content (AvgIpc) is 2.74. The molecule has 1 aliphatic rings. The third-order valence-electron chi connectivity index (χ3n) is 4.37. The van der Waals surface area contributed by atoms with Crippen molar-refractivity contribution in [2.45, 2.75) is 44.8 Å². The number of nitrogens with zero attached hydrogens (tertiary/aromatic N) is 2. The second kappa shape index (κ2) is 5.37. The first-order valence-electron chi connectivity index (χ1n) is 7.29. The van der Waals surface area contributed by atoms with E-state index in [0.29, 0.717) is 5.41 Å². The normalized spacial score (nSPS) is 16.9. The van der Waals surface area contributed by atoms with Crippen molar-refractivity contribution >= 4 is 28.8 Å². The Balaban J connectivity index is 2.02. The summed E-state index contributed by atoms with van der Waals surface area (Å²) in [6.07, 6.45) is 3.77. The van der Waals surface area contributed by atoms with Gasteiger partial charge in [0, 0.05) is 6.54 Å². The first-order chi connectivity index (χ1) is 9.98. The van der Waals surface area contributed by atoms with Crippen molar-refractivity contribution in [1.82, 2.24) is 9.55 Å². The van der Waals surface area contributed by atoms with Crippen molar-refractivity contribution in [3.8, 4) is 0 Å². The molecule has 0 amide bonds. The lowest BCUT2D eigenvalue weighted by atomic mass is 9.70. The van der Waals surface area contributed by atoms with Gasteiger partial charge in [-0.3, -0.25) is 4.79 Å². The number of imidazole rings is 1. The summed E-state index contributed by atoms with van der Waals surface area (Å²) in [6.45, 7) is 5.29. The van der Waals surface area contributed by atoms with Crippen molar-refractivity contribution < 1.29 is 9.90 Å². The molecule has 5 heteroatoms. The van der Waals surface area contributed by atoms with E-state index >= 15 is 0 Å². The molecule has 0 radical (unpaired) electrons. The lowest BCUT2D eigenvalue weighted by Crippen LogP contribution is -2.31. The molecule has 1 aliphatic carbocycles. The summed E-state index contributed by atoms with van der Waals surface area (Å²) in [5.41, 5.74) is 3.59. The van der Waals surface area contributed by atoms with Gasteiger partial charge >= 0.3 is 5.97 Å². The van der Waals surface area contributed by atoms with Crippen LogP contribution in [0, 0.1) is 12.3 Å². The number of carboxylic acid groups (broad SMARTS) is 1. The van der Waals surface area contributed by atoms with Crippen molar-refractivity contribution in [3.05, 3.63) is 23.8 Å². The highest BCUT2D eigenvalue weighted by atomic mass is 32.2. The summed E-state index contributed by atoms with van der Waals surface area (Å²) in [6, 6.07) is 6.18.